The molecule has 0 spiro atoms. The first-order valence-corrected chi connectivity index (χ1v) is 7.63. The number of hydrogen-bond donors (Lipinski definition) is 3. The van der Waals surface area contributed by atoms with Crippen molar-refractivity contribution in [1.82, 2.24) is 5.32 Å². The summed E-state index contributed by atoms with van der Waals surface area (Å²) in [5.41, 5.74) is 5.72. The standard InChI is InChI=1S/C15H22N4O4/c16-15(17-8-11-2-1-3-11)18-9-13(20)10-23-14-6-4-12(5-7-14)19(21)22/h4-7,11,13,20H,1-3,8-10H2,(H3,16,17,18). The normalized spacial score (nSPS) is 16.5. The molecule has 1 aliphatic carbocycles. The number of aliphatic hydroxyl groups is 1. The summed E-state index contributed by atoms with van der Waals surface area (Å²) in [6, 6.07) is 5.68. The molecule has 8 heteroatoms. The van der Waals surface area contributed by atoms with E-state index in [9.17, 15) is 15.2 Å². The van der Waals surface area contributed by atoms with Crippen LogP contribution < -0.4 is 15.8 Å². The van der Waals surface area contributed by atoms with Crippen LogP contribution in [0.15, 0.2) is 29.3 Å². The van der Waals surface area contributed by atoms with Crippen molar-refractivity contribution in [2.45, 2.75) is 25.4 Å². The summed E-state index contributed by atoms with van der Waals surface area (Å²) in [6.07, 6.45) is 2.94. The van der Waals surface area contributed by atoms with Crippen molar-refractivity contribution >= 4 is 11.6 Å². The molecule has 126 valence electrons. The molecule has 1 fully saturated rings. The Morgan fingerprint density at radius 3 is 2.74 bits per heavy atom. The van der Waals surface area contributed by atoms with Crippen molar-refractivity contribution in [1.29, 1.82) is 0 Å². The number of guanidine groups is 1. The van der Waals surface area contributed by atoms with Crippen molar-refractivity contribution in [3.63, 3.8) is 0 Å². The number of aliphatic hydroxyl groups excluding tert-OH is 1. The first-order chi connectivity index (χ1) is 11.0. The number of rotatable bonds is 8. The van der Waals surface area contributed by atoms with E-state index in [2.05, 4.69) is 10.3 Å². The van der Waals surface area contributed by atoms with Gasteiger partial charge in [-0.05, 0) is 30.9 Å². The van der Waals surface area contributed by atoms with Gasteiger partial charge in [0.15, 0.2) is 5.96 Å². The number of nitro benzene ring substituents is 1. The van der Waals surface area contributed by atoms with Gasteiger partial charge in [-0.1, -0.05) is 6.42 Å². The molecule has 4 N–H and O–H groups in total. The minimum absolute atomic E-state index is 0.00666. The van der Waals surface area contributed by atoms with Crippen LogP contribution in [0, 0.1) is 16.0 Å². The number of nitrogens with two attached hydrogens (primary N) is 1. The Labute approximate surface area is 134 Å². The average Bonchev–Trinajstić information content (AvgIpc) is 2.49. The summed E-state index contributed by atoms with van der Waals surface area (Å²) in [7, 11) is 0. The molecule has 0 heterocycles. The quantitative estimate of drug-likeness (QED) is 0.284. The Morgan fingerprint density at radius 2 is 2.17 bits per heavy atom. The number of aliphatic imine (C=N–C) groups is 1. The Bertz CT molecular complexity index is 543. The van der Waals surface area contributed by atoms with Gasteiger partial charge in [0.2, 0.25) is 0 Å². The Hall–Kier alpha value is -2.35. The van der Waals surface area contributed by atoms with E-state index in [0.29, 0.717) is 17.6 Å². The summed E-state index contributed by atoms with van der Waals surface area (Å²) in [5.74, 6) is 1.46. The van der Waals surface area contributed by atoms with Crippen molar-refractivity contribution in [2.75, 3.05) is 19.7 Å². The minimum atomic E-state index is -0.797. The highest BCUT2D eigenvalue weighted by atomic mass is 16.6. The van der Waals surface area contributed by atoms with Crippen LogP contribution in [0.25, 0.3) is 0 Å². The maximum absolute atomic E-state index is 10.5. The van der Waals surface area contributed by atoms with Gasteiger partial charge in [0, 0.05) is 18.7 Å². The molecule has 1 atom stereocenters. The van der Waals surface area contributed by atoms with Gasteiger partial charge in [0.25, 0.3) is 5.69 Å². The first kappa shape index (κ1) is 17.0. The van der Waals surface area contributed by atoms with Gasteiger partial charge >= 0.3 is 0 Å². The largest absolute Gasteiger partial charge is 0.491 e. The molecule has 1 saturated carbocycles. The molecule has 0 saturated heterocycles. The van der Waals surface area contributed by atoms with Crippen LogP contribution in [-0.2, 0) is 0 Å². The molecule has 0 bridgehead atoms. The number of ether oxygens (including phenoxy) is 1. The summed E-state index contributed by atoms with van der Waals surface area (Å²) in [5, 5.41) is 23.4. The van der Waals surface area contributed by atoms with Crippen LogP contribution in [0.2, 0.25) is 0 Å². The second-order valence-corrected chi connectivity index (χ2v) is 5.62. The fraction of sp³-hybridized carbons (Fsp3) is 0.533. The summed E-state index contributed by atoms with van der Waals surface area (Å²) in [6.45, 7) is 0.998. The molecule has 1 aromatic rings. The highest BCUT2D eigenvalue weighted by Crippen LogP contribution is 2.24. The number of nitrogens with one attached hydrogen (secondary N) is 1. The lowest BCUT2D eigenvalue weighted by atomic mass is 9.85. The van der Waals surface area contributed by atoms with Crippen LogP contribution >= 0.6 is 0 Å². The third-order valence-corrected chi connectivity index (χ3v) is 3.76. The highest BCUT2D eigenvalue weighted by Gasteiger charge is 2.16. The molecule has 1 aliphatic rings. The third kappa shape index (κ3) is 5.74. The van der Waals surface area contributed by atoms with Gasteiger partial charge in [0.1, 0.15) is 18.5 Å². The molecular formula is C15H22N4O4. The van der Waals surface area contributed by atoms with E-state index in [4.69, 9.17) is 10.5 Å². The lowest BCUT2D eigenvalue weighted by Crippen LogP contribution is -2.38. The number of non-ortho nitro benzene ring substituents is 1. The van der Waals surface area contributed by atoms with Crippen molar-refractivity contribution in [2.24, 2.45) is 16.6 Å². The highest BCUT2D eigenvalue weighted by molar-refractivity contribution is 5.77. The predicted molar refractivity (Wildman–Crippen MR) is 86.4 cm³/mol. The smallest absolute Gasteiger partial charge is 0.269 e. The lowest BCUT2D eigenvalue weighted by molar-refractivity contribution is -0.384. The van der Waals surface area contributed by atoms with Crippen LogP contribution in [0.1, 0.15) is 19.3 Å². The zero-order valence-corrected chi connectivity index (χ0v) is 12.9. The van der Waals surface area contributed by atoms with E-state index in [1.165, 1.54) is 43.5 Å². The van der Waals surface area contributed by atoms with Gasteiger partial charge in [-0.2, -0.15) is 0 Å². The van der Waals surface area contributed by atoms with E-state index in [0.717, 1.165) is 6.54 Å². The van der Waals surface area contributed by atoms with E-state index >= 15 is 0 Å². The molecule has 0 radical (unpaired) electrons. The zero-order valence-electron chi connectivity index (χ0n) is 12.9. The SMILES string of the molecule is NC(=NCC(O)COc1ccc([N+](=O)[O-])cc1)NCC1CCC1. The predicted octanol–water partition coefficient (Wildman–Crippen LogP) is 1.04. The molecule has 1 unspecified atom stereocenters. The second kappa shape index (κ2) is 8.33. The van der Waals surface area contributed by atoms with E-state index in [-0.39, 0.29) is 18.8 Å². The first-order valence-electron chi connectivity index (χ1n) is 7.63. The van der Waals surface area contributed by atoms with Gasteiger partial charge in [-0.3, -0.25) is 15.1 Å². The topological polar surface area (TPSA) is 123 Å². The van der Waals surface area contributed by atoms with Crippen molar-refractivity contribution in [3.8, 4) is 5.75 Å². The number of nitrogens with zero attached hydrogens (tertiary/aromatic N) is 2. The molecule has 2 rings (SSSR count). The summed E-state index contributed by atoms with van der Waals surface area (Å²) in [4.78, 5) is 14.1. The van der Waals surface area contributed by atoms with E-state index in [1.54, 1.807) is 0 Å². The molecule has 0 aliphatic heterocycles. The second-order valence-electron chi connectivity index (χ2n) is 5.62. The van der Waals surface area contributed by atoms with Gasteiger partial charge in [-0.15, -0.1) is 0 Å². The Kier molecular flexibility index (Phi) is 6.16. The van der Waals surface area contributed by atoms with Gasteiger partial charge in [0.05, 0.1) is 11.5 Å². The number of benzene rings is 1. The average molecular weight is 322 g/mol. The van der Waals surface area contributed by atoms with Gasteiger partial charge in [-0.25, -0.2) is 0 Å². The van der Waals surface area contributed by atoms with Gasteiger partial charge < -0.3 is 20.9 Å². The molecule has 1 aromatic carbocycles. The van der Waals surface area contributed by atoms with E-state index in [1.807, 2.05) is 0 Å². The molecule has 0 aromatic heterocycles. The van der Waals surface area contributed by atoms with Crippen LogP contribution in [0.5, 0.6) is 5.75 Å². The lowest BCUT2D eigenvalue weighted by Gasteiger charge is -2.25. The summed E-state index contributed by atoms with van der Waals surface area (Å²) < 4.78 is 5.36. The van der Waals surface area contributed by atoms with Crippen LogP contribution in [0.3, 0.4) is 0 Å². The molecule has 0 amide bonds. The van der Waals surface area contributed by atoms with E-state index < -0.39 is 11.0 Å². The maximum atomic E-state index is 10.5. The van der Waals surface area contributed by atoms with Crippen molar-refractivity contribution in [3.05, 3.63) is 34.4 Å². The fourth-order valence-corrected chi connectivity index (χ4v) is 2.11. The minimum Gasteiger partial charge on any atom is -0.491 e. The molecule has 23 heavy (non-hydrogen) atoms. The Balaban J connectivity index is 1.67. The molecule has 8 nitrogen and oxygen atoms in total. The van der Waals surface area contributed by atoms with Crippen LogP contribution in [-0.4, -0.2) is 41.8 Å². The monoisotopic (exact) mass is 322 g/mol. The fourth-order valence-electron chi connectivity index (χ4n) is 2.11. The third-order valence-electron chi connectivity index (χ3n) is 3.76. The van der Waals surface area contributed by atoms with Crippen LogP contribution in [0.4, 0.5) is 5.69 Å². The Morgan fingerprint density at radius 1 is 1.48 bits per heavy atom. The number of hydrogen-bond acceptors (Lipinski definition) is 5. The molecular weight excluding hydrogens is 300 g/mol. The zero-order chi connectivity index (χ0) is 16.7. The maximum Gasteiger partial charge on any atom is 0.269 e. The van der Waals surface area contributed by atoms with Crippen molar-refractivity contribution < 1.29 is 14.8 Å². The number of nitro groups is 1. The summed E-state index contributed by atoms with van der Waals surface area (Å²) >= 11 is 0.